The van der Waals surface area contributed by atoms with E-state index in [0.29, 0.717) is 31.3 Å². The maximum Gasteiger partial charge on any atom is 0.322 e. The number of nitrogens with zero attached hydrogens (tertiary/aromatic N) is 5. The van der Waals surface area contributed by atoms with Crippen LogP contribution in [0.25, 0.3) is 0 Å². The molecule has 0 radical (unpaired) electrons. The van der Waals surface area contributed by atoms with Gasteiger partial charge >= 0.3 is 6.03 Å². The number of urea groups is 1. The smallest absolute Gasteiger partial charge is 0.322 e. The summed E-state index contributed by atoms with van der Waals surface area (Å²) in [7, 11) is 2.13. The summed E-state index contributed by atoms with van der Waals surface area (Å²) in [6.45, 7) is 6.74. The second kappa shape index (κ2) is 9.69. The molecule has 8 nitrogen and oxygen atoms in total. The van der Waals surface area contributed by atoms with Crippen molar-refractivity contribution >= 4 is 17.7 Å². The van der Waals surface area contributed by atoms with Crippen LogP contribution in [0.15, 0.2) is 54.6 Å². The van der Waals surface area contributed by atoms with E-state index in [1.807, 2.05) is 61.5 Å². The predicted molar refractivity (Wildman–Crippen MR) is 133 cm³/mol. The van der Waals surface area contributed by atoms with E-state index in [1.165, 1.54) is 0 Å². The number of aryl methyl sites for hydroxylation is 1. The normalized spacial score (nSPS) is 16.2. The molecule has 5 rings (SSSR count). The fourth-order valence-corrected chi connectivity index (χ4v) is 4.29. The summed E-state index contributed by atoms with van der Waals surface area (Å²) in [6.07, 6.45) is 0.658. The number of hydrogen-bond donors (Lipinski definition) is 1. The van der Waals surface area contributed by atoms with E-state index in [0.717, 1.165) is 54.4 Å². The number of likely N-dealkylation sites (N-methyl/N-ethyl adjacent to an activating group) is 1. The molecule has 1 saturated heterocycles. The Labute approximate surface area is 200 Å². The molecule has 3 aromatic rings. The van der Waals surface area contributed by atoms with Gasteiger partial charge in [0, 0.05) is 44.8 Å². The molecule has 0 atom stereocenters. The minimum Gasteiger partial charge on any atom is -0.438 e. The summed E-state index contributed by atoms with van der Waals surface area (Å²) in [4.78, 5) is 29.0. The maximum atomic E-state index is 13.0. The number of para-hydroxylation sites is 1. The van der Waals surface area contributed by atoms with Gasteiger partial charge in [0.2, 0.25) is 11.8 Å². The topological polar surface area (TPSA) is 73.8 Å². The van der Waals surface area contributed by atoms with Crippen molar-refractivity contribution in [2.45, 2.75) is 19.9 Å². The molecular formula is C26H30N6O2. The number of piperazine rings is 1. The van der Waals surface area contributed by atoms with Gasteiger partial charge in [0.25, 0.3) is 0 Å². The lowest BCUT2D eigenvalue weighted by Gasteiger charge is -2.34. The van der Waals surface area contributed by atoms with Crippen LogP contribution in [0, 0.1) is 6.92 Å². The zero-order chi connectivity index (χ0) is 23.5. The minimum absolute atomic E-state index is 0.138. The lowest BCUT2D eigenvalue weighted by Crippen LogP contribution is -2.45. The van der Waals surface area contributed by atoms with Crippen molar-refractivity contribution in [1.82, 2.24) is 19.8 Å². The molecule has 2 aromatic carbocycles. The summed E-state index contributed by atoms with van der Waals surface area (Å²) in [5.41, 5.74) is 3.71. The van der Waals surface area contributed by atoms with Crippen LogP contribution in [-0.2, 0) is 13.0 Å². The molecule has 1 aromatic heterocycles. The second-order valence-electron chi connectivity index (χ2n) is 8.93. The van der Waals surface area contributed by atoms with Crippen LogP contribution >= 0.6 is 0 Å². The number of fused-ring (bicyclic) bond motifs is 1. The summed E-state index contributed by atoms with van der Waals surface area (Å²) in [6, 6.07) is 17.3. The molecule has 8 heteroatoms. The molecule has 2 amide bonds. The molecule has 0 bridgehead atoms. The van der Waals surface area contributed by atoms with Crippen molar-refractivity contribution < 1.29 is 9.53 Å². The van der Waals surface area contributed by atoms with Crippen LogP contribution in [-0.4, -0.2) is 65.6 Å². The van der Waals surface area contributed by atoms with E-state index in [2.05, 4.69) is 22.2 Å². The van der Waals surface area contributed by atoms with Crippen molar-refractivity contribution in [2.75, 3.05) is 50.0 Å². The zero-order valence-corrected chi connectivity index (χ0v) is 19.7. The van der Waals surface area contributed by atoms with E-state index in [4.69, 9.17) is 14.7 Å². The van der Waals surface area contributed by atoms with E-state index < -0.39 is 0 Å². The standard InChI is InChI=1S/C26H30N6O2/c1-19-7-6-10-21(17-19)34-24-22-18-32(26(33)27-20-8-4-3-5-9-20)12-11-23(22)28-25(29-24)31-15-13-30(2)14-16-31/h3-10,17H,11-16,18H2,1-2H3,(H,27,33). The summed E-state index contributed by atoms with van der Waals surface area (Å²) in [5.74, 6) is 1.97. The van der Waals surface area contributed by atoms with Crippen molar-refractivity contribution in [3.8, 4) is 11.6 Å². The third-order valence-corrected chi connectivity index (χ3v) is 6.31. The van der Waals surface area contributed by atoms with Gasteiger partial charge in [-0.1, -0.05) is 30.3 Å². The molecular weight excluding hydrogens is 428 g/mol. The van der Waals surface area contributed by atoms with Gasteiger partial charge in [-0.3, -0.25) is 0 Å². The lowest BCUT2D eigenvalue weighted by molar-refractivity contribution is 0.205. The maximum absolute atomic E-state index is 13.0. The van der Waals surface area contributed by atoms with Crippen molar-refractivity contribution in [3.05, 3.63) is 71.4 Å². The van der Waals surface area contributed by atoms with Crippen LogP contribution in [0.1, 0.15) is 16.8 Å². The fourth-order valence-electron chi connectivity index (χ4n) is 4.29. The molecule has 34 heavy (non-hydrogen) atoms. The van der Waals surface area contributed by atoms with Crippen LogP contribution in [0.3, 0.4) is 0 Å². The number of carbonyl (C=O) groups is 1. The quantitative estimate of drug-likeness (QED) is 0.639. The number of amides is 2. The first-order valence-electron chi connectivity index (χ1n) is 11.7. The van der Waals surface area contributed by atoms with Crippen LogP contribution < -0.4 is 15.0 Å². The number of aromatic nitrogens is 2. The molecule has 3 heterocycles. The highest BCUT2D eigenvalue weighted by Crippen LogP contribution is 2.32. The van der Waals surface area contributed by atoms with E-state index >= 15 is 0 Å². The van der Waals surface area contributed by atoms with Gasteiger partial charge in [0.05, 0.1) is 17.8 Å². The third-order valence-electron chi connectivity index (χ3n) is 6.31. The van der Waals surface area contributed by atoms with Gasteiger partial charge in [-0.2, -0.15) is 4.98 Å². The highest BCUT2D eigenvalue weighted by atomic mass is 16.5. The van der Waals surface area contributed by atoms with Gasteiger partial charge < -0.3 is 24.8 Å². The van der Waals surface area contributed by atoms with Crippen LogP contribution in [0.2, 0.25) is 0 Å². The Morgan fingerprint density at radius 3 is 2.53 bits per heavy atom. The summed E-state index contributed by atoms with van der Waals surface area (Å²) in [5, 5.41) is 2.98. The number of anilines is 2. The molecule has 1 fully saturated rings. The monoisotopic (exact) mass is 458 g/mol. The second-order valence-corrected chi connectivity index (χ2v) is 8.93. The molecule has 0 aliphatic carbocycles. The van der Waals surface area contributed by atoms with Crippen molar-refractivity contribution in [3.63, 3.8) is 0 Å². The van der Waals surface area contributed by atoms with Crippen LogP contribution in [0.5, 0.6) is 11.6 Å². The molecule has 0 saturated carbocycles. The predicted octanol–water partition coefficient (Wildman–Crippen LogP) is 3.92. The zero-order valence-electron chi connectivity index (χ0n) is 19.7. The first kappa shape index (κ1) is 22.2. The Bertz CT molecular complexity index is 1160. The van der Waals surface area contributed by atoms with Gasteiger partial charge in [0.1, 0.15) is 5.75 Å². The fraction of sp³-hybridized carbons (Fsp3) is 0.346. The molecule has 2 aliphatic heterocycles. The SMILES string of the molecule is Cc1cccc(Oc2nc(N3CCN(C)CC3)nc3c2CN(C(=O)Nc2ccccc2)CC3)c1. The number of ether oxygens (including phenoxy) is 1. The van der Waals surface area contributed by atoms with E-state index in [-0.39, 0.29) is 6.03 Å². The van der Waals surface area contributed by atoms with Gasteiger partial charge in [-0.05, 0) is 43.8 Å². The van der Waals surface area contributed by atoms with Gasteiger partial charge in [0.15, 0.2) is 0 Å². The summed E-state index contributed by atoms with van der Waals surface area (Å²) >= 11 is 0. The number of hydrogen-bond acceptors (Lipinski definition) is 6. The Kier molecular flexibility index (Phi) is 6.31. The third kappa shape index (κ3) is 4.97. The first-order valence-corrected chi connectivity index (χ1v) is 11.7. The van der Waals surface area contributed by atoms with Gasteiger partial charge in [-0.25, -0.2) is 9.78 Å². The Morgan fingerprint density at radius 2 is 1.76 bits per heavy atom. The van der Waals surface area contributed by atoms with Crippen LogP contribution in [0.4, 0.5) is 16.4 Å². The Morgan fingerprint density at radius 1 is 0.971 bits per heavy atom. The molecule has 2 aliphatic rings. The number of nitrogens with one attached hydrogen (secondary N) is 1. The number of benzene rings is 2. The lowest BCUT2D eigenvalue weighted by atomic mass is 10.1. The average Bonchev–Trinajstić information content (AvgIpc) is 2.85. The largest absolute Gasteiger partial charge is 0.438 e. The first-order chi connectivity index (χ1) is 16.5. The average molecular weight is 459 g/mol. The highest BCUT2D eigenvalue weighted by Gasteiger charge is 2.28. The van der Waals surface area contributed by atoms with Gasteiger partial charge in [-0.15, -0.1) is 0 Å². The van der Waals surface area contributed by atoms with Crippen molar-refractivity contribution in [1.29, 1.82) is 0 Å². The Hall–Kier alpha value is -3.65. The van der Waals surface area contributed by atoms with E-state index in [1.54, 1.807) is 4.90 Å². The summed E-state index contributed by atoms with van der Waals surface area (Å²) < 4.78 is 6.31. The van der Waals surface area contributed by atoms with E-state index in [9.17, 15) is 4.79 Å². The van der Waals surface area contributed by atoms with Crippen molar-refractivity contribution in [2.24, 2.45) is 0 Å². The Balaban J connectivity index is 1.43. The minimum atomic E-state index is -0.138. The molecule has 1 N–H and O–H groups in total. The highest BCUT2D eigenvalue weighted by molar-refractivity contribution is 5.89. The molecule has 176 valence electrons. The number of rotatable bonds is 4. The molecule has 0 spiro atoms. The number of carbonyl (C=O) groups excluding carboxylic acids is 1. The molecule has 0 unspecified atom stereocenters.